The minimum Gasteiger partial charge on any atom is -0.490 e. The van der Waals surface area contributed by atoms with Crippen molar-refractivity contribution in [1.29, 1.82) is 0 Å². The second-order valence-corrected chi connectivity index (χ2v) is 7.58. The molecule has 29 heavy (non-hydrogen) atoms. The number of aromatic nitrogens is 2. The summed E-state index contributed by atoms with van der Waals surface area (Å²) in [6, 6.07) is 2.94. The number of aryl methyl sites for hydroxylation is 1. The molecule has 0 unspecified atom stereocenters. The Morgan fingerprint density at radius 3 is 2.07 bits per heavy atom. The predicted molar refractivity (Wildman–Crippen MR) is 114 cm³/mol. The van der Waals surface area contributed by atoms with Crippen molar-refractivity contribution in [3.63, 3.8) is 0 Å². The zero-order valence-corrected chi connectivity index (χ0v) is 17.9. The fraction of sp³-hybridized carbons (Fsp3) is 0.583. The number of hydrogen-bond donors (Lipinski definition) is 0. The van der Waals surface area contributed by atoms with Gasteiger partial charge in [0.15, 0.2) is 17.4 Å². The quantitative estimate of drug-likeness (QED) is 0.310. The second-order valence-electron chi connectivity index (χ2n) is 7.58. The molecular weight excluding hydrogens is 370 g/mol. The van der Waals surface area contributed by atoms with Crippen LogP contribution in [0.25, 0.3) is 11.4 Å². The number of unbranched alkanes of at least 4 members (excludes halogenated alkanes) is 8. The zero-order chi connectivity index (χ0) is 20.9. The molecule has 1 heterocycles. The van der Waals surface area contributed by atoms with Crippen LogP contribution in [-0.4, -0.2) is 16.6 Å². The van der Waals surface area contributed by atoms with Gasteiger partial charge in [-0.15, -0.1) is 0 Å². The standard InChI is InChI=1S/C24H34F2N2O/c1-3-5-7-8-9-10-11-13-19-17-27-24(28-18-19)20-14-15-21(23(26)22(20)25)29-16-12-6-4-2/h14-15,17-18H,3-13,16H2,1-2H3. The highest BCUT2D eigenvalue weighted by Crippen LogP contribution is 2.28. The molecule has 0 aliphatic rings. The van der Waals surface area contributed by atoms with Gasteiger partial charge in [-0.05, 0) is 37.0 Å². The van der Waals surface area contributed by atoms with Crippen molar-refractivity contribution in [2.75, 3.05) is 6.61 Å². The van der Waals surface area contributed by atoms with Gasteiger partial charge in [-0.25, -0.2) is 14.4 Å². The molecule has 0 aliphatic carbocycles. The molecule has 0 amide bonds. The summed E-state index contributed by atoms with van der Waals surface area (Å²) in [5, 5.41) is 0. The van der Waals surface area contributed by atoms with E-state index in [0.29, 0.717) is 6.61 Å². The van der Waals surface area contributed by atoms with Gasteiger partial charge in [0.1, 0.15) is 0 Å². The summed E-state index contributed by atoms with van der Waals surface area (Å²) in [6.45, 7) is 4.68. The van der Waals surface area contributed by atoms with Gasteiger partial charge in [-0.3, -0.25) is 0 Å². The number of hydrogen-bond acceptors (Lipinski definition) is 3. The van der Waals surface area contributed by atoms with E-state index < -0.39 is 11.6 Å². The minimum absolute atomic E-state index is 0.0575. The molecule has 2 aromatic rings. The Kier molecular flexibility index (Phi) is 10.6. The van der Waals surface area contributed by atoms with Gasteiger partial charge in [0.25, 0.3) is 0 Å². The van der Waals surface area contributed by atoms with E-state index in [1.165, 1.54) is 50.7 Å². The summed E-state index contributed by atoms with van der Waals surface area (Å²) >= 11 is 0. The lowest BCUT2D eigenvalue weighted by Crippen LogP contribution is -2.02. The fourth-order valence-corrected chi connectivity index (χ4v) is 3.26. The normalized spacial score (nSPS) is 11.0. The average molecular weight is 405 g/mol. The molecule has 1 aromatic carbocycles. The molecule has 0 saturated carbocycles. The zero-order valence-electron chi connectivity index (χ0n) is 17.9. The molecule has 0 radical (unpaired) electrons. The summed E-state index contributed by atoms with van der Waals surface area (Å²) in [5.41, 5.74) is 1.09. The number of benzene rings is 1. The molecule has 160 valence electrons. The van der Waals surface area contributed by atoms with Gasteiger partial charge < -0.3 is 4.74 Å². The SMILES string of the molecule is CCCCCCCCCc1cnc(-c2ccc(OCCCCC)c(F)c2F)nc1. The monoisotopic (exact) mass is 404 g/mol. The van der Waals surface area contributed by atoms with Crippen LogP contribution in [0.1, 0.15) is 83.6 Å². The summed E-state index contributed by atoms with van der Waals surface area (Å²) in [6.07, 6.45) is 16.0. The first-order valence-corrected chi connectivity index (χ1v) is 11.1. The highest BCUT2D eigenvalue weighted by Gasteiger charge is 2.17. The van der Waals surface area contributed by atoms with Gasteiger partial charge in [0.05, 0.1) is 12.2 Å². The smallest absolute Gasteiger partial charge is 0.201 e. The number of halogens is 2. The molecule has 0 aliphatic heterocycles. The maximum atomic E-state index is 14.5. The van der Waals surface area contributed by atoms with E-state index in [1.54, 1.807) is 12.4 Å². The van der Waals surface area contributed by atoms with Gasteiger partial charge in [-0.2, -0.15) is 4.39 Å². The first-order chi connectivity index (χ1) is 14.2. The summed E-state index contributed by atoms with van der Waals surface area (Å²) < 4.78 is 34.1. The van der Waals surface area contributed by atoms with E-state index in [1.807, 2.05) is 0 Å². The van der Waals surface area contributed by atoms with E-state index >= 15 is 0 Å². The lowest BCUT2D eigenvalue weighted by Gasteiger charge is -2.10. The van der Waals surface area contributed by atoms with Crippen molar-refractivity contribution in [2.45, 2.75) is 84.5 Å². The molecule has 0 atom stereocenters. The molecule has 3 nitrogen and oxygen atoms in total. The van der Waals surface area contributed by atoms with Crippen LogP contribution in [0.3, 0.4) is 0 Å². The van der Waals surface area contributed by atoms with E-state index in [2.05, 4.69) is 23.8 Å². The van der Waals surface area contributed by atoms with Crippen LogP contribution < -0.4 is 4.74 Å². The highest BCUT2D eigenvalue weighted by atomic mass is 19.2. The molecule has 0 bridgehead atoms. The van der Waals surface area contributed by atoms with Crippen LogP contribution in [-0.2, 0) is 6.42 Å². The van der Waals surface area contributed by atoms with Crippen LogP contribution in [0.15, 0.2) is 24.5 Å². The fourth-order valence-electron chi connectivity index (χ4n) is 3.26. The Hall–Kier alpha value is -2.04. The van der Waals surface area contributed by atoms with Gasteiger partial charge in [0, 0.05) is 12.4 Å². The molecule has 1 aromatic heterocycles. The Bertz CT molecular complexity index is 720. The number of rotatable bonds is 14. The van der Waals surface area contributed by atoms with Crippen LogP contribution in [0.5, 0.6) is 5.75 Å². The van der Waals surface area contributed by atoms with Crippen LogP contribution in [0.2, 0.25) is 0 Å². The summed E-state index contributed by atoms with van der Waals surface area (Å²) in [7, 11) is 0. The first kappa shape index (κ1) is 23.2. The molecule has 0 spiro atoms. The van der Waals surface area contributed by atoms with Crippen molar-refractivity contribution in [1.82, 2.24) is 9.97 Å². The van der Waals surface area contributed by atoms with E-state index in [9.17, 15) is 8.78 Å². The maximum Gasteiger partial charge on any atom is 0.201 e. The average Bonchev–Trinajstić information content (AvgIpc) is 2.74. The van der Waals surface area contributed by atoms with Gasteiger partial charge in [0.2, 0.25) is 5.82 Å². The molecule has 0 saturated heterocycles. The third kappa shape index (κ3) is 7.71. The Morgan fingerprint density at radius 1 is 0.759 bits per heavy atom. The van der Waals surface area contributed by atoms with E-state index in [-0.39, 0.29) is 17.1 Å². The molecule has 5 heteroatoms. The van der Waals surface area contributed by atoms with Crippen LogP contribution in [0.4, 0.5) is 8.78 Å². The third-order valence-electron chi connectivity index (χ3n) is 5.07. The Labute approximate surface area is 173 Å². The Morgan fingerprint density at radius 2 is 1.38 bits per heavy atom. The summed E-state index contributed by atoms with van der Waals surface area (Å²) in [4.78, 5) is 8.50. The Balaban J connectivity index is 1.88. The lowest BCUT2D eigenvalue weighted by molar-refractivity contribution is 0.286. The highest BCUT2D eigenvalue weighted by molar-refractivity contribution is 5.57. The van der Waals surface area contributed by atoms with Crippen molar-refractivity contribution >= 4 is 0 Å². The van der Waals surface area contributed by atoms with Gasteiger partial charge in [-0.1, -0.05) is 65.2 Å². The van der Waals surface area contributed by atoms with Crippen molar-refractivity contribution in [2.24, 2.45) is 0 Å². The van der Waals surface area contributed by atoms with E-state index in [0.717, 1.165) is 37.7 Å². The topological polar surface area (TPSA) is 35.0 Å². The number of ether oxygens (including phenoxy) is 1. The van der Waals surface area contributed by atoms with Crippen molar-refractivity contribution in [3.05, 3.63) is 41.7 Å². The second kappa shape index (κ2) is 13.2. The first-order valence-electron chi connectivity index (χ1n) is 11.1. The minimum atomic E-state index is -0.977. The molecule has 0 N–H and O–H groups in total. The maximum absolute atomic E-state index is 14.5. The van der Waals surface area contributed by atoms with Gasteiger partial charge >= 0.3 is 0 Å². The largest absolute Gasteiger partial charge is 0.490 e. The predicted octanol–water partition coefficient (Wildman–Crippen LogP) is 7.28. The van der Waals surface area contributed by atoms with Crippen LogP contribution >= 0.6 is 0 Å². The van der Waals surface area contributed by atoms with Crippen molar-refractivity contribution < 1.29 is 13.5 Å². The van der Waals surface area contributed by atoms with Crippen LogP contribution in [0, 0.1) is 11.6 Å². The van der Waals surface area contributed by atoms with Crippen molar-refractivity contribution in [3.8, 4) is 17.1 Å². The summed E-state index contributed by atoms with van der Waals surface area (Å²) in [5.74, 6) is -1.80. The molecule has 2 rings (SSSR count). The number of nitrogens with zero attached hydrogens (tertiary/aromatic N) is 2. The molecule has 0 fully saturated rings. The van der Waals surface area contributed by atoms with E-state index in [4.69, 9.17) is 4.74 Å². The third-order valence-corrected chi connectivity index (χ3v) is 5.07. The molecular formula is C24H34F2N2O. The lowest BCUT2D eigenvalue weighted by atomic mass is 10.1.